The Morgan fingerprint density at radius 1 is 1.11 bits per heavy atom. The number of anilines is 1. The van der Waals surface area contributed by atoms with Gasteiger partial charge in [-0.1, -0.05) is 32.6 Å². The predicted molar refractivity (Wildman–Crippen MR) is 104 cm³/mol. The fraction of sp³-hybridized carbons (Fsp3) is 0.238. The molecule has 2 amide bonds. The van der Waals surface area contributed by atoms with E-state index in [0.29, 0.717) is 22.4 Å². The molecule has 2 heterocycles. The summed E-state index contributed by atoms with van der Waals surface area (Å²) >= 11 is 0. The maximum atomic E-state index is 12.7. The zero-order valence-corrected chi connectivity index (χ0v) is 15.9. The fourth-order valence-corrected chi connectivity index (χ4v) is 3.97. The van der Waals surface area contributed by atoms with Gasteiger partial charge in [-0.3, -0.25) is 24.6 Å². The van der Waals surface area contributed by atoms with Crippen LogP contribution in [0, 0.1) is 10.1 Å². The Kier molecular flexibility index (Phi) is 3.68. The second-order valence-corrected chi connectivity index (χ2v) is 7.63. The summed E-state index contributed by atoms with van der Waals surface area (Å²) in [6.07, 6.45) is 0. The number of benzene rings is 2. The van der Waals surface area contributed by atoms with Crippen LogP contribution < -0.4 is 4.90 Å². The molecular formula is C21H19N3O4. The number of hydrogen-bond acceptors (Lipinski definition) is 5. The van der Waals surface area contributed by atoms with Gasteiger partial charge in [0.1, 0.15) is 0 Å². The van der Waals surface area contributed by atoms with E-state index in [1.54, 1.807) is 30.3 Å². The van der Waals surface area contributed by atoms with Crippen molar-refractivity contribution in [2.45, 2.75) is 25.8 Å². The van der Waals surface area contributed by atoms with Gasteiger partial charge in [-0.15, -0.1) is 0 Å². The summed E-state index contributed by atoms with van der Waals surface area (Å²) in [6, 6.07) is 9.79. The molecule has 0 fully saturated rings. The molecular weight excluding hydrogens is 358 g/mol. The van der Waals surface area contributed by atoms with E-state index >= 15 is 0 Å². The second kappa shape index (κ2) is 5.76. The summed E-state index contributed by atoms with van der Waals surface area (Å²) in [7, 11) is 1.82. The molecule has 4 rings (SSSR count). The van der Waals surface area contributed by atoms with Gasteiger partial charge >= 0.3 is 0 Å². The van der Waals surface area contributed by atoms with Gasteiger partial charge in [0.05, 0.1) is 33.8 Å². The van der Waals surface area contributed by atoms with Crippen LogP contribution in [0.4, 0.5) is 11.4 Å². The molecule has 0 radical (unpaired) electrons. The second-order valence-electron chi connectivity index (χ2n) is 7.63. The highest BCUT2D eigenvalue weighted by Crippen LogP contribution is 2.48. The zero-order valence-electron chi connectivity index (χ0n) is 15.9. The van der Waals surface area contributed by atoms with Crippen LogP contribution in [0.1, 0.15) is 45.7 Å². The number of nitro groups is 1. The van der Waals surface area contributed by atoms with Crippen LogP contribution >= 0.6 is 0 Å². The van der Waals surface area contributed by atoms with Gasteiger partial charge in [0, 0.05) is 24.2 Å². The summed E-state index contributed by atoms with van der Waals surface area (Å²) < 4.78 is 0. The number of hydrogen-bond donors (Lipinski definition) is 0. The minimum absolute atomic E-state index is 0.118. The van der Waals surface area contributed by atoms with Gasteiger partial charge in [-0.2, -0.15) is 0 Å². The molecule has 0 aliphatic carbocycles. The van der Waals surface area contributed by atoms with Gasteiger partial charge in [0.2, 0.25) is 0 Å². The maximum Gasteiger partial charge on any atom is 0.276 e. The number of nitro benzene ring substituents is 1. The molecule has 0 saturated heterocycles. The van der Waals surface area contributed by atoms with Crippen molar-refractivity contribution in [3.8, 4) is 0 Å². The molecule has 0 atom stereocenters. The van der Waals surface area contributed by atoms with E-state index in [-0.39, 0.29) is 12.2 Å². The number of nitrogens with zero attached hydrogens (tertiary/aromatic N) is 3. The lowest BCUT2D eigenvalue weighted by molar-refractivity contribution is -0.385. The lowest BCUT2D eigenvalue weighted by Crippen LogP contribution is -2.29. The van der Waals surface area contributed by atoms with Gasteiger partial charge in [-0.25, -0.2) is 0 Å². The normalized spacial score (nSPS) is 17.2. The van der Waals surface area contributed by atoms with E-state index in [2.05, 4.69) is 6.58 Å². The van der Waals surface area contributed by atoms with Crippen LogP contribution in [0.5, 0.6) is 0 Å². The molecule has 0 bridgehead atoms. The van der Waals surface area contributed by atoms with Gasteiger partial charge in [0.25, 0.3) is 17.5 Å². The largest absolute Gasteiger partial charge is 0.347 e. The molecule has 2 aliphatic rings. The van der Waals surface area contributed by atoms with Crippen LogP contribution in [0.25, 0.3) is 0 Å². The Hall–Kier alpha value is -3.48. The minimum Gasteiger partial charge on any atom is -0.347 e. The van der Waals surface area contributed by atoms with Crippen molar-refractivity contribution in [2.75, 3.05) is 11.9 Å². The first-order chi connectivity index (χ1) is 13.1. The Morgan fingerprint density at radius 2 is 1.68 bits per heavy atom. The molecule has 0 spiro atoms. The van der Waals surface area contributed by atoms with Crippen molar-refractivity contribution >= 4 is 23.2 Å². The Balaban J connectivity index is 1.81. The summed E-state index contributed by atoms with van der Waals surface area (Å²) in [6.45, 7) is 7.94. The number of likely N-dealkylation sites (N-methyl/N-ethyl adjacent to an activating group) is 1. The first kappa shape index (κ1) is 17.9. The lowest BCUT2D eigenvalue weighted by atomic mass is 9.83. The number of imide groups is 1. The third-order valence-electron chi connectivity index (χ3n) is 5.76. The Labute approximate surface area is 162 Å². The molecule has 2 aromatic carbocycles. The summed E-state index contributed by atoms with van der Waals surface area (Å²) in [5.74, 6) is -0.868. The monoisotopic (exact) mass is 377 g/mol. The number of carbonyl (C=O) groups excluding carboxylic acids is 2. The molecule has 28 heavy (non-hydrogen) atoms. The summed E-state index contributed by atoms with van der Waals surface area (Å²) in [5.41, 5.74) is 2.88. The SMILES string of the molecule is C=C1N(C)c2cc([N+](=O)[O-])c(CN3C(=O)c4ccccc4C3=O)cc2C1(C)C. The number of carbonyl (C=O) groups is 2. The number of amides is 2. The van der Waals surface area contributed by atoms with Gasteiger partial charge in [0.15, 0.2) is 0 Å². The smallest absolute Gasteiger partial charge is 0.276 e. The average molecular weight is 377 g/mol. The predicted octanol–water partition coefficient (Wildman–Crippen LogP) is 3.63. The zero-order chi connectivity index (χ0) is 20.4. The van der Waals surface area contributed by atoms with Crippen molar-refractivity contribution < 1.29 is 14.5 Å². The quantitative estimate of drug-likeness (QED) is 0.463. The van der Waals surface area contributed by atoms with E-state index in [0.717, 1.165) is 16.2 Å². The van der Waals surface area contributed by atoms with E-state index in [4.69, 9.17) is 0 Å². The highest BCUT2D eigenvalue weighted by atomic mass is 16.6. The summed E-state index contributed by atoms with van der Waals surface area (Å²) in [5, 5.41) is 11.7. The third-order valence-corrected chi connectivity index (χ3v) is 5.76. The van der Waals surface area contributed by atoms with E-state index in [1.165, 1.54) is 6.07 Å². The maximum absolute atomic E-state index is 12.7. The van der Waals surface area contributed by atoms with Crippen molar-refractivity contribution in [1.29, 1.82) is 0 Å². The number of allylic oxidation sites excluding steroid dienone is 1. The Morgan fingerprint density at radius 3 is 2.21 bits per heavy atom. The molecule has 7 nitrogen and oxygen atoms in total. The molecule has 7 heteroatoms. The standard InChI is InChI=1S/C21H19N3O4/c1-12-21(2,3)16-9-13(17(24(27)28)10-18(16)22(12)4)11-23-19(25)14-7-5-6-8-15(14)20(23)26/h5-10H,1,11H2,2-4H3. The first-order valence-electron chi connectivity index (χ1n) is 8.84. The molecule has 0 saturated carbocycles. The van der Waals surface area contributed by atoms with Crippen LogP contribution in [-0.4, -0.2) is 28.7 Å². The molecule has 0 N–H and O–H groups in total. The van der Waals surface area contributed by atoms with Crippen molar-refractivity contribution in [3.05, 3.63) is 81.0 Å². The highest BCUT2D eigenvalue weighted by Gasteiger charge is 2.41. The van der Waals surface area contributed by atoms with Crippen LogP contribution in [0.3, 0.4) is 0 Å². The van der Waals surface area contributed by atoms with Crippen LogP contribution in [0.2, 0.25) is 0 Å². The molecule has 0 unspecified atom stereocenters. The Bertz CT molecular complexity index is 1050. The molecule has 142 valence electrons. The fourth-order valence-electron chi connectivity index (χ4n) is 3.97. The third kappa shape index (κ3) is 2.29. The lowest BCUT2D eigenvalue weighted by Gasteiger charge is -2.22. The van der Waals surface area contributed by atoms with Crippen LogP contribution in [-0.2, 0) is 12.0 Å². The molecule has 2 aliphatic heterocycles. The van der Waals surface area contributed by atoms with E-state index in [9.17, 15) is 19.7 Å². The molecule has 0 aromatic heterocycles. The van der Waals surface area contributed by atoms with E-state index in [1.807, 2.05) is 25.8 Å². The molecule has 2 aromatic rings. The number of rotatable bonds is 3. The minimum atomic E-state index is -0.476. The first-order valence-corrected chi connectivity index (χ1v) is 8.84. The van der Waals surface area contributed by atoms with Crippen molar-refractivity contribution in [1.82, 2.24) is 4.90 Å². The topological polar surface area (TPSA) is 83.8 Å². The van der Waals surface area contributed by atoms with Gasteiger partial charge in [-0.05, 0) is 23.8 Å². The number of fused-ring (bicyclic) bond motifs is 2. The highest BCUT2D eigenvalue weighted by molar-refractivity contribution is 6.21. The van der Waals surface area contributed by atoms with Gasteiger partial charge < -0.3 is 4.90 Å². The van der Waals surface area contributed by atoms with Crippen molar-refractivity contribution in [2.24, 2.45) is 0 Å². The van der Waals surface area contributed by atoms with Crippen molar-refractivity contribution in [3.63, 3.8) is 0 Å². The summed E-state index contributed by atoms with van der Waals surface area (Å²) in [4.78, 5) is 39.5. The van der Waals surface area contributed by atoms with Crippen LogP contribution in [0.15, 0.2) is 48.7 Å². The average Bonchev–Trinajstić information content (AvgIpc) is 3.00. The van der Waals surface area contributed by atoms with E-state index < -0.39 is 22.2 Å².